The lowest BCUT2D eigenvalue weighted by Crippen LogP contribution is -2.09. The minimum Gasteiger partial charge on any atom is -0.480 e. The SMILES string of the molecule is N#CC(CC=Cc1ccc(Cl)cc1)C(=O)O. The number of aliphatic carboxylic acids is 1. The minimum atomic E-state index is -1.09. The van der Waals surface area contributed by atoms with Gasteiger partial charge in [0.25, 0.3) is 0 Å². The molecule has 1 unspecified atom stereocenters. The van der Waals surface area contributed by atoms with Crippen molar-refractivity contribution in [3.8, 4) is 6.07 Å². The average Bonchev–Trinajstić information content (AvgIpc) is 2.26. The Morgan fingerprint density at radius 1 is 1.50 bits per heavy atom. The summed E-state index contributed by atoms with van der Waals surface area (Å²) in [7, 11) is 0. The third kappa shape index (κ3) is 3.76. The van der Waals surface area contributed by atoms with Gasteiger partial charge in [-0.25, -0.2) is 0 Å². The molecule has 0 bridgehead atoms. The Bertz CT molecular complexity index is 431. The Labute approximate surface area is 98.6 Å². The molecule has 1 atom stereocenters. The first-order valence-electron chi connectivity index (χ1n) is 4.68. The molecular weight excluding hydrogens is 226 g/mol. The van der Waals surface area contributed by atoms with Gasteiger partial charge in [-0.15, -0.1) is 0 Å². The van der Waals surface area contributed by atoms with Crippen LogP contribution in [0.4, 0.5) is 0 Å². The van der Waals surface area contributed by atoms with Crippen LogP contribution in [0.1, 0.15) is 12.0 Å². The second-order valence-electron chi connectivity index (χ2n) is 3.21. The molecule has 0 aliphatic carbocycles. The van der Waals surface area contributed by atoms with Gasteiger partial charge in [0, 0.05) is 5.02 Å². The first-order valence-corrected chi connectivity index (χ1v) is 5.06. The van der Waals surface area contributed by atoms with E-state index in [-0.39, 0.29) is 6.42 Å². The summed E-state index contributed by atoms with van der Waals surface area (Å²) >= 11 is 5.72. The molecule has 0 saturated carbocycles. The van der Waals surface area contributed by atoms with Crippen LogP contribution in [0.15, 0.2) is 30.3 Å². The largest absolute Gasteiger partial charge is 0.480 e. The van der Waals surface area contributed by atoms with Crippen LogP contribution in [0.25, 0.3) is 6.08 Å². The predicted molar refractivity (Wildman–Crippen MR) is 61.8 cm³/mol. The van der Waals surface area contributed by atoms with Crippen molar-refractivity contribution < 1.29 is 9.90 Å². The molecule has 1 rings (SSSR count). The van der Waals surface area contributed by atoms with Crippen LogP contribution < -0.4 is 0 Å². The summed E-state index contributed by atoms with van der Waals surface area (Å²) in [6.07, 6.45) is 3.64. The molecule has 0 amide bonds. The van der Waals surface area contributed by atoms with Crippen molar-refractivity contribution in [3.05, 3.63) is 40.9 Å². The van der Waals surface area contributed by atoms with Gasteiger partial charge < -0.3 is 5.11 Å². The Hall–Kier alpha value is -1.79. The van der Waals surface area contributed by atoms with E-state index in [0.29, 0.717) is 5.02 Å². The van der Waals surface area contributed by atoms with Gasteiger partial charge in [0.05, 0.1) is 6.07 Å². The molecule has 0 aliphatic rings. The summed E-state index contributed by atoms with van der Waals surface area (Å²) < 4.78 is 0. The number of halogens is 1. The standard InChI is InChI=1S/C12H10ClNO2/c13-11-6-4-9(5-7-11)2-1-3-10(8-14)12(15)16/h1-2,4-7,10H,3H2,(H,15,16). The van der Waals surface area contributed by atoms with Gasteiger partial charge in [-0.05, 0) is 24.1 Å². The number of hydrogen-bond acceptors (Lipinski definition) is 2. The van der Waals surface area contributed by atoms with Crippen LogP contribution in [-0.2, 0) is 4.79 Å². The quantitative estimate of drug-likeness (QED) is 0.873. The third-order valence-corrected chi connectivity index (χ3v) is 2.26. The maximum Gasteiger partial charge on any atom is 0.321 e. The Morgan fingerprint density at radius 2 is 2.12 bits per heavy atom. The molecule has 0 radical (unpaired) electrons. The highest BCUT2D eigenvalue weighted by Crippen LogP contribution is 2.12. The molecule has 0 spiro atoms. The van der Waals surface area contributed by atoms with Gasteiger partial charge >= 0.3 is 5.97 Å². The van der Waals surface area contributed by atoms with Crippen molar-refractivity contribution in [1.29, 1.82) is 5.26 Å². The fraction of sp³-hybridized carbons (Fsp3) is 0.167. The van der Waals surface area contributed by atoms with E-state index in [1.807, 2.05) is 12.1 Å². The maximum absolute atomic E-state index is 10.5. The zero-order valence-electron chi connectivity index (χ0n) is 8.43. The Kier molecular flexibility index (Phi) is 4.56. The van der Waals surface area contributed by atoms with Crippen LogP contribution in [0.3, 0.4) is 0 Å². The number of nitrogens with zero attached hydrogens (tertiary/aromatic N) is 1. The first-order chi connectivity index (χ1) is 7.63. The number of rotatable bonds is 4. The lowest BCUT2D eigenvalue weighted by molar-refractivity contribution is -0.139. The van der Waals surface area contributed by atoms with Crippen molar-refractivity contribution >= 4 is 23.6 Å². The lowest BCUT2D eigenvalue weighted by Gasteiger charge is -1.98. The van der Waals surface area contributed by atoms with Crippen LogP contribution in [0, 0.1) is 17.2 Å². The number of nitriles is 1. The molecule has 0 fully saturated rings. The van der Waals surface area contributed by atoms with Crippen LogP contribution in [-0.4, -0.2) is 11.1 Å². The molecule has 1 aromatic carbocycles. The molecule has 16 heavy (non-hydrogen) atoms. The number of carboxylic acid groups (broad SMARTS) is 1. The van der Waals surface area contributed by atoms with Gasteiger partial charge in [-0.1, -0.05) is 35.9 Å². The van der Waals surface area contributed by atoms with Gasteiger partial charge in [-0.3, -0.25) is 4.79 Å². The minimum absolute atomic E-state index is 0.203. The fourth-order valence-corrected chi connectivity index (χ4v) is 1.25. The van der Waals surface area contributed by atoms with Crippen LogP contribution in [0.2, 0.25) is 5.02 Å². The van der Waals surface area contributed by atoms with Crippen molar-refractivity contribution in [2.24, 2.45) is 5.92 Å². The smallest absolute Gasteiger partial charge is 0.321 e. The Morgan fingerprint density at radius 3 is 2.62 bits per heavy atom. The fourth-order valence-electron chi connectivity index (χ4n) is 1.12. The summed E-state index contributed by atoms with van der Waals surface area (Å²) in [6, 6.07) is 8.87. The van der Waals surface area contributed by atoms with E-state index >= 15 is 0 Å². The van der Waals surface area contributed by atoms with Gasteiger partial charge in [-0.2, -0.15) is 5.26 Å². The normalized spacial score (nSPS) is 12.2. The van der Waals surface area contributed by atoms with Crippen molar-refractivity contribution in [2.75, 3.05) is 0 Å². The van der Waals surface area contributed by atoms with Crippen molar-refractivity contribution in [2.45, 2.75) is 6.42 Å². The molecule has 1 N–H and O–H groups in total. The molecule has 0 saturated heterocycles. The number of hydrogen-bond donors (Lipinski definition) is 1. The molecular formula is C12H10ClNO2. The van der Waals surface area contributed by atoms with Crippen LogP contribution in [0.5, 0.6) is 0 Å². The molecule has 82 valence electrons. The number of carbonyl (C=O) groups is 1. The summed E-state index contributed by atoms with van der Waals surface area (Å²) in [5, 5.41) is 17.8. The summed E-state index contributed by atoms with van der Waals surface area (Å²) in [6.45, 7) is 0. The zero-order chi connectivity index (χ0) is 12.0. The van der Waals surface area contributed by atoms with E-state index in [1.165, 1.54) is 0 Å². The summed E-state index contributed by atoms with van der Waals surface area (Å²) in [5.74, 6) is -2.08. The highest BCUT2D eigenvalue weighted by Gasteiger charge is 2.13. The Balaban J connectivity index is 2.58. The highest BCUT2D eigenvalue weighted by atomic mass is 35.5. The molecule has 0 aromatic heterocycles. The average molecular weight is 236 g/mol. The molecule has 1 aromatic rings. The molecule has 3 nitrogen and oxygen atoms in total. The predicted octanol–water partition coefficient (Wildman–Crippen LogP) is 2.97. The van der Waals surface area contributed by atoms with E-state index in [2.05, 4.69) is 0 Å². The van der Waals surface area contributed by atoms with Gasteiger partial charge in [0.2, 0.25) is 0 Å². The molecule has 4 heteroatoms. The van der Waals surface area contributed by atoms with Crippen molar-refractivity contribution in [3.63, 3.8) is 0 Å². The van der Waals surface area contributed by atoms with E-state index in [1.54, 1.807) is 30.4 Å². The van der Waals surface area contributed by atoms with Crippen molar-refractivity contribution in [1.82, 2.24) is 0 Å². The third-order valence-electron chi connectivity index (χ3n) is 2.01. The monoisotopic (exact) mass is 235 g/mol. The number of allylic oxidation sites excluding steroid dienone is 1. The van der Waals surface area contributed by atoms with E-state index in [4.69, 9.17) is 22.0 Å². The second-order valence-corrected chi connectivity index (χ2v) is 3.65. The second kappa shape index (κ2) is 5.94. The number of benzene rings is 1. The summed E-state index contributed by atoms with van der Waals surface area (Å²) in [5.41, 5.74) is 0.923. The topological polar surface area (TPSA) is 61.1 Å². The number of carboxylic acids is 1. The first kappa shape index (κ1) is 12.3. The summed E-state index contributed by atoms with van der Waals surface area (Å²) in [4.78, 5) is 10.5. The van der Waals surface area contributed by atoms with Gasteiger partial charge in [0.1, 0.15) is 5.92 Å². The zero-order valence-corrected chi connectivity index (χ0v) is 9.19. The van der Waals surface area contributed by atoms with E-state index in [9.17, 15) is 4.79 Å². The molecule has 0 aliphatic heterocycles. The van der Waals surface area contributed by atoms with Crippen LogP contribution >= 0.6 is 11.6 Å². The van der Waals surface area contributed by atoms with Gasteiger partial charge in [0.15, 0.2) is 0 Å². The lowest BCUT2D eigenvalue weighted by atomic mass is 10.1. The maximum atomic E-state index is 10.5. The molecule has 0 heterocycles. The van der Waals surface area contributed by atoms with E-state index in [0.717, 1.165) is 5.56 Å². The van der Waals surface area contributed by atoms with E-state index < -0.39 is 11.9 Å². The highest BCUT2D eigenvalue weighted by molar-refractivity contribution is 6.30.